The van der Waals surface area contributed by atoms with E-state index in [2.05, 4.69) is 0 Å². The minimum atomic E-state index is -0.827. The molecule has 4 heteroatoms. The highest BCUT2D eigenvalue weighted by Crippen LogP contribution is 2.24. The van der Waals surface area contributed by atoms with Crippen LogP contribution in [0.15, 0.2) is 53.4 Å². The minimum absolute atomic E-state index is 0.121. The fourth-order valence-electron chi connectivity index (χ4n) is 1.55. The van der Waals surface area contributed by atoms with E-state index in [1.165, 1.54) is 17.8 Å². The van der Waals surface area contributed by atoms with Gasteiger partial charge in [-0.1, -0.05) is 30.3 Å². The molecule has 2 rings (SSSR count). The molecular formula is C14H13F2NS. The standard InChI is InChI=1S/C14H13F2NS/c15-12-7-6-11(8-13(12)16)18-9-14(17)10-4-2-1-3-5-10/h1-8,14H,9,17H2. The van der Waals surface area contributed by atoms with Crippen molar-refractivity contribution in [3.05, 3.63) is 65.7 Å². The fourth-order valence-corrected chi connectivity index (χ4v) is 2.46. The van der Waals surface area contributed by atoms with Crippen molar-refractivity contribution in [2.24, 2.45) is 5.73 Å². The average molecular weight is 265 g/mol. The smallest absolute Gasteiger partial charge is 0.159 e. The van der Waals surface area contributed by atoms with Crippen molar-refractivity contribution in [1.82, 2.24) is 0 Å². The number of thioether (sulfide) groups is 1. The molecule has 0 heterocycles. The van der Waals surface area contributed by atoms with E-state index < -0.39 is 11.6 Å². The lowest BCUT2D eigenvalue weighted by molar-refractivity contribution is 0.506. The monoisotopic (exact) mass is 265 g/mol. The highest BCUT2D eigenvalue weighted by atomic mass is 32.2. The molecule has 0 aliphatic heterocycles. The highest BCUT2D eigenvalue weighted by molar-refractivity contribution is 7.99. The van der Waals surface area contributed by atoms with Gasteiger partial charge < -0.3 is 5.73 Å². The molecule has 0 fully saturated rings. The van der Waals surface area contributed by atoms with Crippen molar-refractivity contribution in [3.8, 4) is 0 Å². The molecule has 94 valence electrons. The molecule has 0 aliphatic carbocycles. The second-order valence-corrected chi connectivity index (χ2v) is 5.00. The molecule has 0 aromatic heterocycles. The first-order valence-electron chi connectivity index (χ1n) is 5.55. The first kappa shape index (κ1) is 13.1. The predicted octanol–water partition coefficient (Wildman–Crippen LogP) is 3.76. The topological polar surface area (TPSA) is 26.0 Å². The molecule has 18 heavy (non-hydrogen) atoms. The van der Waals surface area contributed by atoms with Gasteiger partial charge in [0.1, 0.15) is 0 Å². The number of nitrogens with two attached hydrogens (primary N) is 1. The molecule has 0 spiro atoms. The second-order valence-electron chi connectivity index (χ2n) is 3.90. The Labute approximate surface area is 109 Å². The number of benzene rings is 2. The number of hydrogen-bond acceptors (Lipinski definition) is 2. The Hall–Kier alpha value is -1.39. The van der Waals surface area contributed by atoms with Crippen molar-refractivity contribution in [3.63, 3.8) is 0 Å². The predicted molar refractivity (Wildman–Crippen MR) is 70.5 cm³/mol. The Morgan fingerprint density at radius 3 is 2.39 bits per heavy atom. The van der Waals surface area contributed by atoms with E-state index in [0.29, 0.717) is 10.6 Å². The first-order valence-corrected chi connectivity index (χ1v) is 6.54. The van der Waals surface area contributed by atoms with Crippen LogP contribution in [0.5, 0.6) is 0 Å². The lowest BCUT2D eigenvalue weighted by atomic mass is 10.1. The summed E-state index contributed by atoms with van der Waals surface area (Å²) >= 11 is 1.41. The van der Waals surface area contributed by atoms with Gasteiger partial charge in [-0.05, 0) is 23.8 Å². The van der Waals surface area contributed by atoms with Crippen molar-refractivity contribution in [2.45, 2.75) is 10.9 Å². The second kappa shape index (κ2) is 5.98. The molecule has 1 atom stereocenters. The van der Waals surface area contributed by atoms with Gasteiger partial charge in [0.25, 0.3) is 0 Å². The van der Waals surface area contributed by atoms with Gasteiger partial charge in [0.2, 0.25) is 0 Å². The van der Waals surface area contributed by atoms with Crippen molar-refractivity contribution in [2.75, 3.05) is 5.75 Å². The first-order chi connectivity index (χ1) is 8.66. The summed E-state index contributed by atoms with van der Waals surface area (Å²) in [4.78, 5) is 0.681. The quantitative estimate of drug-likeness (QED) is 0.852. The van der Waals surface area contributed by atoms with E-state index in [0.717, 1.165) is 11.6 Å². The third-order valence-corrected chi connectivity index (χ3v) is 3.66. The molecule has 2 N–H and O–H groups in total. The van der Waals surface area contributed by atoms with Gasteiger partial charge in [0, 0.05) is 16.7 Å². The van der Waals surface area contributed by atoms with Gasteiger partial charge in [-0.15, -0.1) is 11.8 Å². The zero-order valence-corrected chi connectivity index (χ0v) is 10.5. The molecule has 2 aromatic carbocycles. The summed E-state index contributed by atoms with van der Waals surface area (Å²) in [6.07, 6.45) is 0. The lowest BCUT2D eigenvalue weighted by Crippen LogP contribution is -2.12. The number of rotatable bonds is 4. The molecule has 0 amide bonds. The van der Waals surface area contributed by atoms with E-state index in [1.807, 2.05) is 30.3 Å². The number of halogens is 2. The maximum absolute atomic E-state index is 13.0. The molecule has 1 nitrogen and oxygen atoms in total. The largest absolute Gasteiger partial charge is 0.323 e. The van der Waals surface area contributed by atoms with Gasteiger partial charge in [0.05, 0.1) is 0 Å². The maximum atomic E-state index is 13.0. The zero-order valence-electron chi connectivity index (χ0n) is 9.64. The van der Waals surface area contributed by atoms with Gasteiger partial charge in [-0.2, -0.15) is 0 Å². The van der Waals surface area contributed by atoms with E-state index in [1.54, 1.807) is 6.07 Å². The normalized spacial score (nSPS) is 12.4. The summed E-state index contributed by atoms with van der Waals surface area (Å²) in [5, 5.41) is 0. The third-order valence-electron chi connectivity index (χ3n) is 2.55. The number of hydrogen-bond donors (Lipinski definition) is 1. The Bertz CT molecular complexity index is 516. The van der Waals surface area contributed by atoms with Crippen molar-refractivity contribution in [1.29, 1.82) is 0 Å². The van der Waals surface area contributed by atoms with E-state index in [4.69, 9.17) is 5.73 Å². The van der Waals surface area contributed by atoms with Crippen LogP contribution in [0.2, 0.25) is 0 Å². The van der Waals surface area contributed by atoms with Crippen LogP contribution in [0.25, 0.3) is 0 Å². The molecule has 1 unspecified atom stereocenters. The van der Waals surface area contributed by atoms with Gasteiger partial charge in [0.15, 0.2) is 11.6 Å². The van der Waals surface area contributed by atoms with Crippen LogP contribution in [0.4, 0.5) is 8.78 Å². The summed E-state index contributed by atoms with van der Waals surface area (Å²) in [6, 6.07) is 13.5. The van der Waals surface area contributed by atoms with Crippen LogP contribution in [0.3, 0.4) is 0 Å². The fraction of sp³-hybridized carbons (Fsp3) is 0.143. The van der Waals surface area contributed by atoms with Crippen LogP contribution in [0, 0.1) is 11.6 Å². The van der Waals surface area contributed by atoms with Crippen LogP contribution >= 0.6 is 11.8 Å². The Morgan fingerprint density at radius 1 is 1.00 bits per heavy atom. The average Bonchev–Trinajstić information content (AvgIpc) is 2.41. The van der Waals surface area contributed by atoms with Crippen LogP contribution < -0.4 is 5.73 Å². The minimum Gasteiger partial charge on any atom is -0.323 e. The summed E-state index contributed by atoms with van der Waals surface area (Å²) in [7, 11) is 0. The molecule has 0 bridgehead atoms. The third kappa shape index (κ3) is 3.31. The van der Waals surface area contributed by atoms with E-state index in [-0.39, 0.29) is 6.04 Å². The lowest BCUT2D eigenvalue weighted by Gasteiger charge is -2.11. The Balaban J connectivity index is 1.97. The van der Waals surface area contributed by atoms with Crippen molar-refractivity contribution < 1.29 is 8.78 Å². The molecule has 0 aliphatic rings. The zero-order chi connectivity index (χ0) is 13.0. The SMILES string of the molecule is NC(CSc1ccc(F)c(F)c1)c1ccccc1. The Morgan fingerprint density at radius 2 is 1.72 bits per heavy atom. The summed E-state index contributed by atoms with van der Waals surface area (Å²) in [6.45, 7) is 0. The van der Waals surface area contributed by atoms with Crippen LogP contribution in [0.1, 0.15) is 11.6 Å². The molecular weight excluding hydrogens is 252 g/mol. The maximum Gasteiger partial charge on any atom is 0.159 e. The van der Waals surface area contributed by atoms with Crippen LogP contribution in [-0.4, -0.2) is 5.75 Å². The molecule has 0 saturated heterocycles. The van der Waals surface area contributed by atoms with Crippen molar-refractivity contribution >= 4 is 11.8 Å². The molecule has 0 saturated carbocycles. The summed E-state index contributed by atoms with van der Waals surface area (Å²) in [5.41, 5.74) is 7.06. The summed E-state index contributed by atoms with van der Waals surface area (Å²) in [5.74, 6) is -1.03. The highest BCUT2D eigenvalue weighted by Gasteiger charge is 2.08. The van der Waals surface area contributed by atoms with E-state index >= 15 is 0 Å². The molecule has 2 aromatic rings. The van der Waals surface area contributed by atoms with Crippen LogP contribution in [-0.2, 0) is 0 Å². The summed E-state index contributed by atoms with van der Waals surface area (Å²) < 4.78 is 25.8. The van der Waals surface area contributed by atoms with E-state index in [9.17, 15) is 8.78 Å². The van der Waals surface area contributed by atoms with Gasteiger partial charge >= 0.3 is 0 Å². The van der Waals surface area contributed by atoms with Gasteiger partial charge in [-0.25, -0.2) is 8.78 Å². The Kier molecular flexibility index (Phi) is 4.33. The van der Waals surface area contributed by atoms with Gasteiger partial charge in [-0.3, -0.25) is 0 Å². The molecule has 0 radical (unpaired) electrons.